The highest BCUT2D eigenvalue weighted by atomic mass is 15.0. The molecule has 0 aromatic carbocycles. The van der Waals surface area contributed by atoms with Gasteiger partial charge in [-0.2, -0.15) is 0 Å². The second kappa shape index (κ2) is 4.91. The number of hydrogen-bond donors (Lipinski definition) is 1. The fraction of sp³-hybridized carbons (Fsp3) is 0.688. The average Bonchev–Trinajstić information content (AvgIpc) is 2.13. The van der Waals surface area contributed by atoms with Crippen LogP contribution in [-0.2, 0) is 10.8 Å². The summed E-state index contributed by atoms with van der Waals surface area (Å²) in [4.78, 5) is 4.75. The van der Waals surface area contributed by atoms with E-state index < -0.39 is 0 Å². The van der Waals surface area contributed by atoms with E-state index in [9.17, 15) is 0 Å². The van der Waals surface area contributed by atoms with Crippen LogP contribution in [0.1, 0.15) is 66.6 Å². The van der Waals surface area contributed by atoms with Crippen molar-refractivity contribution in [1.29, 1.82) is 0 Å². The molecule has 0 atom stereocenters. The number of hydrogen-bond acceptors (Lipinski definition) is 2. The average molecular weight is 248 g/mol. The van der Waals surface area contributed by atoms with Gasteiger partial charge >= 0.3 is 0 Å². The van der Waals surface area contributed by atoms with E-state index in [2.05, 4.69) is 72.8 Å². The minimum atomic E-state index is 0.0780. The Kier molecular flexibility index (Phi) is 4.09. The van der Waals surface area contributed by atoms with Crippen LogP contribution >= 0.6 is 0 Å². The van der Waals surface area contributed by atoms with Crippen molar-refractivity contribution in [3.05, 3.63) is 23.4 Å². The molecule has 0 aliphatic rings. The highest BCUT2D eigenvalue weighted by Gasteiger charge is 2.21. The topological polar surface area (TPSA) is 24.9 Å². The molecule has 1 aromatic rings. The Bertz CT molecular complexity index is 374. The molecule has 2 nitrogen and oxygen atoms in total. The van der Waals surface area contributed by atoms with E-state index in [1.807, 2.05) is 0 Å². The van der Waals surface area contributed by atoms with Crippen molar-refractivity contribution in [3.8, 4) is 0 Å². The van der Waals surface area contributed by atoms with Gasteiger partial charge in [-0.25, -0.2) is 4.98 Å². The Hall–Kier alpha value is -1.05. The molecule has 2 heteroatoms. The SMILES string of the molecule is CC(C)Nc1cc(C(C)(C)C)cc(C(C)(C)C)n1. The van der Waals surface area contributed by atoms with Gasteiger partial charge in [0, 0.05) is 17.2 Å². The summed E-state index contributed by atoms with van der Waals surface area (Å²) in [6, 6.07) is 4.82. The first kappa shape index (κ1) is 15.0. The molecule has 0 aliphatic carbocycles. The highest BCUT2D eigenvalue weighted by molar-refractivity contribution is 5.44. The molecule has 0 fully saturated rings. The maximum absolute atomic E-state index is 4.75. The standard InChI is InChI=1S/C16H28N2/c1-11(2)17-14-10-12(15(3,4)5)9-13(18-14)16(6,7)8/h9-11H,1-8H3,(H,17,18). The molecule has 0 saturated carbocycles. The smallest absolute Gasteiger partial charge is 0.126 e. The molecular formula is C16H28N2. The monoisotopic (exact) mass is 248 g/mol. The molecule has 0 aliphatic heterocycles. The minimum Gasteiger partial charge on any atom is -0.368 e. The van der Waals surface area contributed by atoms with Crippen molar-refractivity contribution in [2.45, 2.75) is 72.3 Å². The van der Waals surface area contributed by atoms with Gasteiger partial charge in [0.1, 0.15) is 5.82 Å². The first-order valence-electron chi connectivity index (χ1n) is 6.80. The van der Waals surface area contributed by atoms with Crippen molar-refractivity contribution >= 4 is 5.82 Å². The summed E-state index contributed by atoms with van der Waals surface area (Å²) in [6.07, 6.45) is 0. The predicted molar refractivity (Wildman–Crippen MR) is 80.4 cm³/mol. The Balaban J connectivity index is 3.29. The molecular weight excluding hydrogens is 220 g/mol. The van der Waals surface area contributed by atoms with Gasteiger partial charge in [-0.05, 0) is 37.0 Å². The Labute approximate surface area is 112 Å². The van der Waals surface area contributed by atoms with E-state index >= 15 is 0 Å². The lowest BCUT2D eigenvalue weighted by Gasteiger charge is -2.25. The van der Waals surface area contributed by atoms with Gasteiger partial charge in [-0.3, -0.25) is 0 Å². The fourth-order valence-electron chi connectivity index (χ4n) is 1.72. The van der Waals surface area contributed by atoms with Crippen molar-refractivity contribution in [3.63, 3.8) is 0 Å². The van der Waals surface area contributed by atoms with Crippen LogP contribution in [0.4, 0.5) is 5.82 Å². The van der Waals surface area contributed by atoms with Crippen LogP contribution in [-0.4, -0.2) is 11.0 Å². The molecule has 1 aromatic heterocycles. The minimum absolute atomic E-state index is 0.0780. The van der Waals surface area contributed by atoms with Crippen LogP contribution in [0.3, 0.4) is 0 Å². The van der Waals surface area contributed by atoms with Gasteiger partial charge in [0.2, 0.25) is 0 Å². The van der Waals surface area contributed by atoms with Gasteiger partial charge in [-0.15, -0.1) is 0 Å². The molecule has 0 bridgehead atoms. The quantitative estimate of drug-likeness (QED) is 0.833. The van der Waals surface area contributed by atoms with Gasteiger partial charge in [-0.1, -0.05) is 41.5 Å². The van der Waals surface area contributed by atoms with E-state index in [1.165, 1.54) is 5.56 Å². The van der Waals surface area contributed by atoms with E-state index in [4.69, 9.17) is 4.98 Å². The maximum Gasteiger partial charge on any atom is 0.126 e. The number of anilines is 1. The van der Waals surface area contributed by atoms with Crippen LogP contribution in [0.25, 0.3) is 0 Å². The number of aromatic nitrogens is 1. The van der Waals surface area contributed by atoms with Crippen molar-refractivity contribution in [2.75, 3.05) is 5.32 Å². The molecule has 0 unspecified atom stereocenters. The first-order chi connectivity index (χ1) is 8.00. The summed E-state index contributed by atoms with van der Waals surface area (Å²) in [7, 11) is 0. The lowest BCUT2D eigenvalue weighted by molar-refractivity contribution is 0.553. The molecule has 0 radical (unpaired) electrons. The molecule has 0 spiro atoms. The first-order valence-corrected chi connectivity index (χ1v) is 6.80. The zero-order valence-corrected chi connectivity index (χ0v) is 13.2. The largest absolute Gasteiger partial charge is 0.368 e. The van der Waals surface area contributed by atoms with Crippen LogP contribution < -0.4 is 5.32 Å². The Morgan fingerprint density at radius 1 is 0.944 bits per heavy atom. The summed E-state index contributed by atoms with van der Waals surface area (Å²) in [5, 5.41) is 3.42. The van der Waals surface area contributed by atoms with Gasteiger partial charge in [0.15, 0.2) is 0 Å². The van der Waals surface area contributed by atoms with E-state index in [0.29, 0.717) is 6.04 Å². The van der Waals surface area contributed by atoms with Crippen LogP contribution in [0.5, 0.6) is 0 Å². The predicted octanol–water partition coefficient (Wildman–Crippen LogP) is 4.50. The van der Waals surface area contributed by atoms with Gasteiger partial charge in [0.05, 0.1) is 0 Å². The van der Waals surface area contributed by atoms with Crippen molar-refractivity contribution < 1.29 is 0 Å². The number of nitrogens with zero attached hydrogens (tertiary/aromatic N) is 1. The molecule has 0 amide bonds. The summed E-state index contributed by atoms with van der Waals surface area (Å²) < 4.78 is 0. The number of rotatable bonds is 2. The Morgan fingerprint density at radius 3 is 1.89 bits per heavy atom. The molecule has 18 heavy (non-hydrogen) atoms. The summed E-state index contributed by atoms with van der Waals surface area (Å²) >= 11 is 0. The summed E-state index contributed by atoms with van der Waals surface area (Å²) in [5.74, 6) is 0.988. The molecule has 102 valence electrons. The van der Waals surface area contributed by atoms with Gasteiger partial charge in [0.25, 0.3) is 0 Å². The van der Waals surface area contributed by atoms with Crippen LogP contribution in [0.2, 0.25) is 0 Å². The molecule has 0 saturated heterocycles. The normalized spacial score (nSPS) is 12.9. The zero-order valence-electron chi connectivity index (χ0n) is 13.2. The summed E-state index contributed by atoms with van der Waals surface area (Å²) in [5.41, 5.74) is 2.72. The van der Waals surface area contributed by atoms with Crippen molar-refractivity contribution in [1.82, 2.24) is 4.98 Å². The number of pyridine rings is 1. The van der Waals surface area contributed by atoms with E-state index in [-0.39, 0.29) is 10.8 Å². The zero-order chi connectivity index (χ0) is 14.1. The third-order valence-electron chi connectivity index (χ3n) is 2.90. The third-order valence-corrected chi connectivity index (χ3v) is 2.90. The van der Waals surface area contributed by atoms with Crippen LogP contribution in [0, 0.1) is 0 Å². The van der Waals surface area contributed by atoms with Crippen LogP contribution in [0.15, 0.2) is 12.1 Å². The lowest BCUT2D eigenvalue weighted by Crippen LogP contribution is -2.20. The maximum atomic E-state index is 4.75. The molecule has 1 heterocycles. The lowest BCUT2D eigenvalue weighted by atomic mass is 9.83. The number of nitrogens with one attached hydrogen (secondary N) is 1. The summed E-state index contributed by atoms with van der Waals surface area (Å²) in [6.45, 7) is 17.6. The second-order valence-electron chi connectivity index (χ2n) is 7.43. The second-order valence-corrected chi connectivity index (χ2v) is 7.43. The van der Waals surface area contributed by atoms with Crippen molar-refractivity contribution in [2.24, 2.45) is 0 Å². The van der Waals surface area contributed by atoms with E-state index in [1.54, 1.807) is 0 Å². The van der Waals surface area contributed by atoms with Gasteiger partial charge < -0.3 is 5.32 Å². The molecule has 1 N–H and O–H groups in total. The molecule has 1 rings (SSSR count). The Morgan fingerprint density at radius 2 is 1.50 bits per heavy atom. The van der Waals surface area contributed by atoms with E-state index in [0.717, 1.165) is 11.5 Å². The fourth-order valence-corrected chi connectivity index (χ4v) is 1.72. The third kappa shape index (κ3) is 4.01. The highest BCUT2D eigenvalue weighted by Crippen LogP contribution is 2.29.